The molecular weight excluding hydrogens is 298 g/mol. The summed E-state index contributed by atoms with van der Waals surface area (Å²) in [6, 6.07) is 3.84. The van der Waals surface area contributed by atoms with E-state index in [2.05, 4.69) is 21.2 Å². The minimum atomic E-state index is -0.160. The molecule has 0 unspecified atom stereocenters. The molecule has 0 saturated carbocycles. The Kier molecular flexibility index (Phi) is 6.32. The second kappa shape index (κ2) is 7.51. The van der Waals surface area contributed by atoms with Crippen LogP contribution >= 0.6 is 15.9 Å². The predicted octanol–water partition coefficient (Wildman–Crippen LogP) is 2.67. The lowest BCUT2D eigenvalue weighted by Gasteiger charge is -2.10. The van der Waals surface area contributed by atoms with Gasteiger partial charge >= 0.3 is 0 Å². The largest absolute Gasteiger partial charge is 0.382 e. The fourth-order valence-electron chi connectivity index (χ4n) is 1.52. The molecule has 0 spiro atoms. The summed E-state index contributed by atoms with van der Waals surface area (Å²) >= 11 is 3.49. The molecule has 0 bridgehead atoms. The van der Waals surface area contributed by atoms with Crippen molar-refractivity contribution in [1.82, 2.24) is 0 Å². The van der Waals surface area contributed by atoms with Crippen molar-refractivity contribution in [2.75, 3.05) is 32.2 Å². The zero-order valence-electron chi connectivity index (χ0n) is 10.9. The number of halogens is 1. The molecule has 0 aliphatic heterocycles. The first kappa shape index (κ1) is 15.1. The van der Waals surface area contributed by atoms with E-state index in [9.17, 15) is 4.79 Å². The second-order valence-electron chi connectivity index (χ2n) is 4.02. The highest BCUT2D eigenvalue weighted by Gasteiger charge is 2.06. The smallest absolute Gasteiger partial charge is 0.250 e. The average molecular weight is 316 g/mol. The Morgan fingerprint density at radius 3 is 2.44 bits per heavy atom. The third-order valence-corrected chi connectivity index (χ3v) is 3.64. The van der Waals surface area contributed by atoms with E-state index in [4.69, 9.17) is 9.47 Å². The standard InChI is InChI=1S/C13H18BrNO3/c1-9-6-11(7-10(2)13(9)14)15-12(16)8-18-5-4-17-3/h6-7H,4-5,8H2,1-3H3,(H,15,16). The number of anilines is 1. The monoisotopic (exact) mass is 315 g/mol. The van der Waals surface area contributed by atoms with Gasteiger partial charge in [0.1, 0.15) is 6.61 Å². The van der Waals surface area contributed by atoms with Gasteiger partial charge in [-0.25, -0.2) is 0 Å². The van der Waals surface area contributed by atoms with Gasteiger partial charge in [0.2, 0.25) is 5.91 Å². The molecular formula is C13H18BrNO3. The van der Waals surface area contributed by atoms with Gasteiger partial charge in [-0.15, -0.1) is 0 Å². The molecule has 0 aliphatic carbocycles. The Labute approximate surface area is 116 Å². The molecule has 1 aromatic rings. The summed E-state index contributed by atoms with van der Waals surface area (Å²) in [6.07, 6.45) is 0. The van der Waals surface area contributed by atoms with E-state index in [1.165, 1.54) is 0 Å². The van der Waals surface area contributed by atoms with Crippen molar-refractivity contribution in [3.8, 4) is 0 Å². The van der Waals surface area contributed by atoms with Crippen LogP contribution in [0.2, 0.25) is 0 Å². The summed E-state index contributed by atoms with van der Waals surface area (Å²) in [5, 5.41) is 2.80. The Morgan fingerprint density at radius 1 is 1.28 bits per heavy atom. The van der Waals surface area contributed by atoms with E-state index in [-0.39, 0.29) is 12.5 Å². The maximum absolute atomic E-state index is 11.6. The summed E-state index contributed by atoms with van der Waals surface area (Å²) in [5.41, 5.74) is 2.96. The summed E-state index contributed by atoms with van der Waals surface area (Å²) in [7, 11) is 1.59. The molecule has 0 radical (unpaired) electrons. The van der Waals surface area contributed by atoms with Gasteiger partial charge in [0, 0.05) is 17.3 Å². The topological polar surface area (TPSA) is 47.6 Å². The highest BCUT2D eigenvalue weighted by Crippen LogP contribution is 2.24. The minimum absolute atomic E-state index is 0.0392. The molecule has 0 aromatic heterocycles. The fraction of sp³-hybridized carbons (Fsp3) is 0.462. The number of hydrogen-bond donors (Lipinski definition) is 1. The number of nitrogens with one attached hydrogen (secondary N) is 1. The van der Waals surface area contributed by atoms with E-state index < -0.39 is 0 Å². The van der Waals surface area contributed by atoms with Crippen LogP contribution in [0.25, 0.3) is 0 Å². The number of methoxy groups -OCH3 is 1. The summed E-state index contributed by atoms with van der Waals surface area (Å²) < 4.78 is 11.0. The first-order valence-corrected chi connectivity index (χ1v) is 6.47. The SMILES string of the molecule is COCCOCC(=O)Nc1cc(C)c(Br)c(C)c1. The summed E-state index contributed by atoms with van der Waals surface area (Å²) in [5.74, 6) is -0.160. The molecule has 0 heterocycles. The Balaban J connectivity index is 2.49. The molecule has 1 N–H and O–H groups in total. The lowest BCUT2D eigenvalue weighted by molar-refractivity contribution is -0.121. The van der Waals surface area contributed by atoms with Gasteiger partial charge in [-0.2, -0.15) is 0 Å². The van der Waals surface area contributed by atoms with Gasteiger partial charge in [0.05, 0.1) is 13.2 Å². The van der Waals surface area contributed by atoms with Crippen molar-refractivity contribution in [2.24, 2.45) is 0 Å². The number of amides is 1. The fourth-order valence-corrected chi connectivity index (χ4v) is 1.75. The molecule has 1 rings (SSSR count). The lowest BCUT2D eigenvalue weighted by atomic mass is 10.1. The third kappa shape index (κ3) is 4.76. The number of carbonyl (C=O) groups excluding carboxylic acids is 1. The van der Waals surface area contributed by atoms with Crippen molar-refractivity contribution in [3.63, 3.8) is 0 Å². The maximum atomic E-state index is 11.6. The van der Waals surface area contributed by atoms with Crippen molar-refractivity contribution in [2.45, 2.75) is 13.8 Å². The van der Waals surface area contributed by atoms with E-state index in [0.29, 0.717) is 13.2 Å². The molecule has 0 aliphatic rings. The molecule has 5 heteroatoms. The van der Waals surface area contributed by atoms with Crippen molar-refractivity contribution < 1.29 is 14.3 Å². The summed E-state index contributed by atoms with van der Waals surface area (Å²) in [4.78, 5) is 11.6. The molecule has 100 valence electrons. The zero-order valence-corrected chi connectivity index (χ0v) is 12.5. The van der Waals surface area contributed by atoms with Crippen LogP contribution in [0.4, 0.5) is 5.69 Å². The highest BCUT2D eigenvalue weighted by molar-refractivity contribution is 9.10. The molecule has 0 saturated heterocycles. The van der Waals surface area contributed by atoms with Crippen LogP contribution in [0.5, 0.6) is 0 Å². The van der Waals surface area contributed by atoms with Crippen LogP contribution in [0.1, 0.15) is 11.1 Å². The number of benzene rings is 1. The lowest BCUT2D eigenvalue weighted by Crippen LogP contribution is -2.19. The quantitative estimate of drug-likeness (QED) is 0.821. The zero-order chi connectivity index (χ0) is 13.5. The third-order valence-electron chi connectivity index (χ3n) is 2.39. The number of rotatable bonds is 6. The molecule has 1 aromatic carbocycles. The number of ether oxygens (including phenoxy) is 2. The first-order valence-electron chi connectivity index (χ1n) is 5.68. The normalized spacial score (nSPS) is 10.4. The Morgan fingerprint density at radius 2 is 1.89 bits per heavy atom. The van der Waals surface area contributed by atoms with Crippen molar-refractivity contribution in [3.05, 3.63) is 27.7 Å². The van der Waals surface area contributed by atoms with Gasteiger partial charge in [-0.1, -0.05) is 15.9 Å². The van der Waals surface area contributed by atoms with Crippen LogP contribution in [-0.2, 0) is 14.3 Å². The van der Waals surface area contributed by atoms with Crippen LogP contribution in [0.3, 0.4) is 0 Å². The molecule has 0 fully saturated rings. The number of carbonyl (C=O) groups is 1. The van der Waals surface area contributed by atoms with E-state index in [0.717, 1.165) is 21.3 Å². The van der Waals surface area contributed by atoms with Crippen LogP contribution in [-0.4, -0.2) is 32.8 Å². The molecule has 18 heavy (non-hydrogen) atoms. The van der Waals surface area contributed by atoms with Gasteiger partial charge in [-0.3, -0.25) is 4.79 Å². The van der Waals surface area contributed by atoms with Crippen molar-refractivity contribution >= 4 is 27.5 Å². The molecule has 4 nitrogen and oxygen atoms in total. The van der Waals surface area contributed by atoms with Crippen molar-refractivity contribution in [1.29, 1.82) is 0 Å². The van der Waals surface area contributed by atoms with Gasteiger partial charge in [-0.05, 0) is 37.1 Å². The Bertz CT molecular complexity index is 398. The van der Waals surface area contributed by atoms with Gasteiger partial charge in [0.25, 0.3) is 0 Å². The average Bonchev–Trinajstić information content (AvgIpc) is 2.31. The van der Waals surface area contributed by atoms with Crippen LogP contribution in [0, 0.1) is 13.8 Å². The highest BCUT2D eigenvalue weighted by atomic mass is 79.9. The van der Waals surface area contributed by atoms with E-state index in [1.807, 2.05) is 26.0 Å². The minimum Gasteiger partial charge on any atom is -0.382 e. The number of hydrogen-bond acceptors (Lipinski definition) is 3. The van der Waals surface area contributed by atoms with Gasteiger partial charge < -0.3 is 14.8 Å². The second-order valence-corrected chi connectivity index (χ2v) is 4.81. The van der Waals surface area contributed by atoms with E-state index in [1.54, 1.807) is 7.11 Å². The molecule has 0 atom stereocenters. The van der Waals surface area contributed by atoms with E-state index >= 15 is 0 Å². The first-order chi connectivity index (χ1) is 8.54. The Hall–Kier alpha value is -0.910. The van der Waals surface area contributed by atoms with Crippen LogP contribution < -0.4 is 5.32 Å². The maximum Gasteiger partial charge on any atom is 0.250 e. The molecule has 1 amide bonds. The predicted molar refractivity (Wildman–Crippen MR) is 74.9 cm³/mol. The number of aryl methyl sites for hydroxylation is 2. The summed E-state index contributed by atoms with van der Waals surface area (Å²) in [6.45, 7) is 4.92. The van der Waals surface area contributed by atoms with Gasteiger partial charge in [0.15, 0.2) is 0 Å². The van der Waals surface area contributed by atoms with Crippen LogP contribution in [0.15, 0.2) is 16.6 Å².